The molecule has 0 N–H and O–H groups in total. The standard InChI is InChI=1S/C22H16F2N3O/c1-11-8-14-19-15(23)9-17(24)26-22(19)28-21(14)18(12(11)2)20-13-6-4-5-7-16(13)25-10-27(20)3/h4-10H,1-3H3/q+1. The Morgan fingerprint density at radius 2 is 1.82 bits per heavy atom. The normalized spacial score (nSPS) is 11.8. The molecular formula is C22H16F2N3O+. The molecule has 0 fully saturated rings. The number of halogens is 2. The molecule has 0 aliphatic rings. The fourth-order valence-electron chi connectivity index (χ4n) is 3.84. The number of fused-ring (bicyclic) bond motifs is 4. The van der Waals surface area contributed by atoms with Crippen LogP contribution in [0.3, 0.4) is 0 Å². The lowest BCUT2D eigenvalue weighted by atomic mass is 9.95. The molecule has 0 radical (unpaired) electrons. The lowest BCUT2D eigenvalue weighted by molar-refractivity contribution is -0.662. The van der Waals surface area contributed by atoms with Gasteiger partial charge in [-0.15, -0.1) is 0 Å². The van der Waals surface area contributed by atoms with Crippen LogP contribution in [0.25, 0.3) is 44.2 Å². The molecule has 6 heteroatoms. The second kappa shape index (κ2) is 5.79. The van der Waals surface area contributed by atoms with Crippen LogP contribution in [0.15, 0.2) is 47.1 Å². The van der Waals surface area contributed by atoms with Crippen molar-refractivity contribution in [3.05, 3.63) is 65.6 Å². The molecule has 3 aromatic heterocycles. The minimum atomic E-state index is -0.904. The number of nitrogens with zero attached hydrogens (tertiary/aromatic N) is 3. The van der Waals surface area contributed by atoms with Crippen LogP contribution >= 0.6 is 0 Å². The summed E-state index contributed by atoms with van der Waals surface area (Å²) in [6.07, 6.45) is 1.74. The molecule has 138 valence electrons. The highest BCUT2D eigenvalue weighted by molar-refractivity contribution is 6.11. The molecule has 0 aliphatic carbocycles. The number of benzene rings is 2. The van der Waals surface area contributed by atoms with Crippen molar-refractivity contribution >= 4 is 33.0 Å². The number of furan rings is 1. The molecule has 0 saturated heterocycles. The van der Waals surface area contributed by atoms with Crippen LogP contribution < -0.4 is 4.57 Å². The smallest absolute Gasteiger partial charge is 0.287 e. The molecule has 28 heavy (non-hydrogen) atoms. The summed E-state index contributed by atoms with van der Waals surface area (Å²) in [5.41, 5.74) is 5.00. The zero-order chi connectivity index (χ0) is 19.6. The van der Waals surface area contributed by atoms with Crippen LogP contribution in [0.4, 0.5) is 8.78 Å². The summed E-state index contributed by atoms with van der Waals surface area (Å²) in [6, 6.07) is 10.5. The third-order valence-electron chi connectivity index (χ3n) is 5.29. The minimum Gasteiger partial charge on any atom is -0.437 e. The Bertz CT molecular complexity index is 1420. The Kier molecular flexibility index (Phi) is 3.46. The zero-order valence-corrected chi connectivity index (χ0v) is 15.5. The molecule has 0 saturated carbocycles. The maximum Gasteiger partial charge on any atom is 0.287 e. The number of aryl methyl sites for hydroxylation is 2. The molecule has 0 amide bonds. The van der Waals surface area contributed by atoms with E-state index >= 15 is 0 Å². The molecule has 2 aromatic carbocycles. The van der Waals surface area contributed by atoms with Gasteiger partial charge in [0.05, 0.1) is 23.4 Å². The van der Waals surface area contributed by atoms with Crippen LogP contribution in [0.2, 0.25) is 0 Å². The van der Waals surface area contributed by atoms with Crippen molar-refractivity contribution in [1.29, 1.82) is 0 Å². The Morgan fingerprint density at radius 1 is 1.04 bits per heavy atom. The van der Waals surface area contributed by atoms with E-state index in [9.17, 15) is 8.78 Å². The summed E-state index contributed by atoms with van der Waals surface area (Å²) in [7, 11) is 1.91. The van der Waals surface area contributed by atoms with Gasteiger partial charge in [0.25, 0.3) is 6.33 Å². The summed E-state index contributed by atoms with van der Waals surface area (Å²) >= 11 is 0. The summed E-state index contributed by atoms with van der Waals surface area (Å²) < 4.78 is 36.0. The van der Waals surface area contributed by atoms with Gasteiger partial charge in [-0.1, -0.05) is 12.1 Å². The lowest BCUT2D eigenvalue weighted by Crippen LogP contribution is -2.32. The van der Waals surface area contributed by atoms with Crippen LogP contribution in [-0.2, 0) is 7.05 Å². The Morgan fingerprint density at radius 3 is 2.64 bits per heavy atom. The van der Waals surface area contributed by atoms with Gasteiger partial charge in [-0.2, -0.15) is 9.37 Å². The second-order valence-corrected chi connectivity index (χ2v) is 7.00. The Balaban J connectivity index is 2.03. The van der Waals surface area contributed by atoms with Gasteiger partial charge in [0, 0.05) is 11.5 Å². The Labute approximate surface area is 159 Å². The molecule has 3 heterocycles. The molecule has 0 atom stereocenters. The first-order valence-electron chi connectivity index (χ1n) is 8.88. The molecule has 0 spiro atoms. The van der Waals surface area contributed by atoms with Crippen molar-refractivity contribution in [3.8, 4) is 11.3 Å². The van der Waals surface area contributed by atoms with Crippen molar-refractivity contribution in [2.45, 2.75) is 13.8 Å². The highest BCUT2D eigenvalue weighted by atomic mass is 19.1. The van der Waals surface area contributed by atoms with Crippen molar-refractivity contribution in [1.82, 2.24) is 9.97 Å². The second-order valence-electron chi connectivity index (χ2n) is 7.00. The molecule has 4 nitrogen and oxygen atoms in total. The van der Waals surface area contributed by atoms with E-state index in [2.05, 4.69) is 9.97 Å². The number of hydrogen-bond donors (Lipinski definition) is 0. The number of aromatic nitrogens is 3. The summed E-state index contributed by atoms with van der Waals surface area (Å²) in [4.78, 5) is 8.24. The third kappa shape index (κ3) is 2.24. The van der Waals surface area contributed by atoms with Gasteiger partial charge in [-0.3, -0.25) is 0 Å². The maximum absolute atomic E-state index is 14.6. The molecule has 5 rings (SSSR count). The van der Waals surface area contributed by atoms with Gasteiger partial charge in [0.15, 0.2) is 5.52 Å². The first-order valence-corrected chi connectivity index (χ1v) is 8.88. The molecule has 0 unspecified atom stereocenters. The monoisotopic (exact) mass is 376 g/mol. The van der Waals surface area contributed by atoms with Gasteiger partial charge >= 0.3 is 0 Å². The highest BCUT2D eigenvalue weighted by Crippen LogP contribution is 2.40. The van der Waals surface area contributed by atoms with E-state index in [1.165, 1.54) is 0 Å². The van der Waals surface area contributed by atoms with Crippen molar-refractivity contribution in [2.75, 3.05) is 0 Å². The SMILES string of the molecule is Cc1cc2c(oc3nc(F)cc(F)c32)c(-c2c3ccccc3nc[n+]2C)c1C. The first-order chi connectivity index (χ1) is 13.5. The summed E-state index contributed by atoms with van der Waals surface area (Å²) in [5, 5.41) is 1.73. The highest BCUT2D eigenvalue weighted by Gasteiger charge is 2.25. The summed E-state index contributed by atoms with van der Waals surface area (Å²) in [6.45, 7) is 3.96. The van der Waals surface area contributed by atoms with Crippen molar-refractivity contribution in [3.63, 3.8) is 0 Å². The number of para-hydroxylation sites is 1. The molecule has 0 aliphatic heterocycles. The van der Waals surface area contributed by atoms with E-state index < -0.39 is 11.8 Å². The van der Waals surface area contributed by atoms with E-state index in [1.54, 1.807) is 6.33 Å². The average molecular weight is 376 g/mol. The zero-order valence-electron chi connectivity index (χ0n) is 15.5. The van der Waals surface area contributed by atoms with Crippen LogP contribution in [0.5, 0.6) is 0 Å². The van der Waals surface area contributed by atoms with E-state index in [0.29, 0.717) is 11.0 Å². The van der Waals surface area contributed by atoms with E-state index in [4.69, 9.17) is 4.42 Å². The third-order valence-corrected chi connectivity index (χ3v) is 5.29. The van der Waals surface area contributed by atoms with Gasteiger partial charge in [0.1, 0.15) is 17.1 Å². The maximum atomic E-state index is 14.6. The predicted molar refractivity (Wildman–Crippen MR) is 103 cm³/mol. The van der Waals surface area contributed by atoms with Gasteiger partial charge in [-0.05, 0) is 48.2 Å². The largest absolute Gasteiger partial charge is 0.437 e. The topological polar surface area (TPSA) is 42.8 Å². The summed E-state index contributed by atoms with van der Waals surface area (Å²) in [5.74, 6) is -1.58. The van der Waals surface area contributed by atoms with Gasteiger partial charge in [-0.25, -0.2) is 8.96 Å². The van der Waals surface area contributed by atoms with Gasteiger partial charge in [0.2, 0.25) is 11.7 Å². The average Bonchev–Trinajstić information content (AvgIpc) is 3.01. The van der Waals surface area contributed by atoms with Crippen LogP contribution in [-0.4, -0.2) is 9.97 Å². The van der Waals surface area contributed by atoms with Crippen molar-refractivity contribution < 1.29 is 17.8 Å². The first kappa shape index (κ1) is 16.7. The number of pyridine rings is 1. The van der Waals surface area contributed by atoms with E-state index in [0.717, 1.165) is 39.4 Å². The molecular weight excluding hydrogens is 360 g/mol. The Hall–Kier alpha value is -3.41. The lowest BCUT2D eigenvalue weighted by Gasteiger charge is -2.11. The fourth-order valence-corrected chi connectivity index (χ4v) is 3.84. The van der Waals surface area contributed by atoms with Crippen LogP contribution in [0, 0.1) is 25.6 Å². The van der Waals surface area contributed by atoms with E-state index in [-0.39, 0.29) is 11.1 Å². The predicted octanol–water partition coefficient (Wildman–Crippen LogP) is 4.92. The van der Waals surface area contributed by atoms with Crippen molar-refractivity contribution in [2.24, 2.45) is 7.05 Å². The quantitative estimate of drug-likeness (QED) is 0.308. The van der Waals surface area contributed by atoms with Gasteiger partial charge < -0.3 is 4.42 Å². The number of rotatable bonds is 1. The fraction of sp³-hybridized carbons (Fsp3) is 0.136. The number of hydrogen-bond acceptors (Lipinski definition) is 3. The molecule has 0 bridgehead atoms. The molecule has 5 aromatic rings. The minimum absolute atomic E-state index is 0.0419. The van der Waals surface area contributed by atoms with Crippen LogP contribution in [0.1, 0.15) is 11.1 Å². The van der Waals surface area contributed by atoms with E-state index in [1.807, 2.05) is 55.8 Å².